The summed E-state index contributed by atoms with van der Waals surface area (Å²) in [6.45, 7) is 6.38. The van der Waals surface area contributed by atoms with Gasteiger partial charge in [-0.1, -0.05) is 0 Å². The molecule has 0 fully saturated rings. The van der Waals surface area contributed by atoms with E-state index in [-0.39, 0.29) is 17.8 Å². The molecule has 1 N–H and O–H groups in total. The lowest BCUT2D eigenvalue weighted by atomic mass is 10.3. The standard InChI is InChI=1S/C16H23N3O9/c1-6-27-12(22)9(4)18-14(24)17(8(3)11(20)21)15(25)19(16(18)26)10(5)13(23)28-7-2/h8-10H,6-7H2,1-5H3,(H,20,21). The SMILES string of the molecule is CCOC(=O)C(C)n1c(=O)n(C(C)C(=O)O)c(=O)n(C(C)C(=O)OCC)c1=O. The minimum atomic E-state index is -1.66. The second-order valence-electron chi connectivity index (χ2n) is 5.83. The fourth-order valence-corrected chi connectivity index (χ4v) is 2.43. The van der Waals surface area contributed by atoms with Gasteiger partial charge in [0.15, 0.2) is 0 Å². The zero-order chi connectivity index (χ0) is 21.8. The highest BCUT2D eigenvalue weighted by molar-refractivity contribution is 5.74. The van der Waals surface area contributed by atoms with E-state index in [0.717, 1.165) is 6.92 Å². The van der Waals surface area contributed by atoms with Gasteiger partial charge in [0.05, 0.1) is 13.2 Å². The Morgan fingerprint density at radius 1 is 0.750 bits per heavy atom. The van der Waals surface area contributed by atoms with E-state index in [0.29, 0.717) is 9.13 Å². The predicted molar refractivity (Wildman–Crippen MR) is 94.3 cm³/mol. The Balaban J connectivity index is 3.92. The number of carbonyl (C=O) groups excluding carboxylic acids is 2. The van der Waals surface area contributed by atoms with Crippen molar-refractivity contribution in [2.75, 3.05) is 13.2 Å². The number of aromatic nitrogens is 3. The number of carbonyl (C=O) groups is 3. The first-order valence-electron chi connectivity index (χ1n) is 8.56. The van der Waals surface area contributed by atoms with Crippen LogP contribution in [0.15, 0.2) is 14.4 Å². The number of carboxylic acid groups (broad SMARTS) is 1. The number of carboxylic acids is 1. The molecule has 12 nitrogen and oxygen atoms in total. The molecular formula is C16H23N3O9. The highest BCUT2D eigenvalue weighted by Crippen LogP contribution is 2.07. The van der Waals surface area contributed by atoms with Crippen LogP contribution in [-0.4, -0.2) is 49.9 Å². The number of hydrogen-bond donors (Lipinski definition) is 1. The van der Waals surface area contributed by atoms with Gasteiger partial charge in [0.2, 0.25) is 0 Å². The predicted octanol–water partition coefficient (Wildman–Crippen LogP) is -0.934. The molecule has 0 radical (unpaired) electrons. The number of ether oxygens (including phenoxy) is 2. The van der Waals surface area contributed by atoms with E-state index in [1.165, 1.54) is 27.7 Å². The Bertz CT molecular complexity index is 878. The van der Waals surface area contributed by atoms with Gasteiger partial charge in [-0.25, -0.2) is 42.5 Å². The van der Waals surface area contributed by atoms with Crippen LogP contribution >= 0.6 is 0 Å². The minimum Gasteiger partial charge on any atom is -0.480 e. The van der Waals surface area contributed by atoms with Crippen molar-refractivity contribution in [2.45, 2.75) is 52.7 Å². The van der Waals surface area contributed by atoms with Crippen molar-refractivity contribution >= 4 is 17.9 Å². The molecule has 1 heterocycles. The maximum absolute atomic E-state index is 12.8. The molecule has 0 aromatic carbocycles. The van der Waals surface area contributed by atoms with E-state index < -0.39 is 53.1 Å². The summed E-state index contributed by atoms with van der Waals surface area (Å²) in [6, 6.07) is -4.59. The van der Waals surface area contributed by atoms with Crippen LogP contribution < -0.4 is 17.1 Å². The maximum Gasteiger partial charge on any atom is 0.337 e. The summed E-state index contributed by atoms with van der Waals surface area (Å²) < 4.78 is 10.6. The van der Waals surface area contributed by atoms with E-state index in [2.05, 4.69) is 0 Å². The van der Waals surface area contributed by atoms with Crippen LogP contribution in [0.1, 0.15) is 52.7 Å². The third-order valence-corrected chi connectivity index (χ3v) is 4.01. The molecule has 0 aliphatic heterocycles. The average molecular weight is 401 g/mol. The number of nitrogens with zero attached hydrogens (tertiary/aromatic N) is 3. The van der Waals surface area contributed by atoms with Crippen molar-refractivity contribution in [1.29, 1.82) is 0 Å². The second kappa shape index (κ2) is 9.15. The molecule has 28 heavy (non-hydrogen) atoms. The van der Waals surface area contributed by atoms with Crippen LogP contribution in [0.5, 0.6) is 0 Å². The number of rotatable bonds is 8. The Morgan fingerprint density at radius 2 is 1.04 bits per heavy atom. The van der Waals surface area contributed by atoms with Gasteiger partial charge in [0, 0.05) is 0 Å². The molecule has 3 atom stereocenters. The van der Waals surface area contributed by atoms with E-state index in [9.17, 15) is 33.9 Å². The molecule has 1 rings (SSSR count). The zero-order valence-electron chi connectivity index (χ0n) is 16.2. The topological polar surface area (TPSA) is 156 Å². The first kappa shape index (κ1) is 22.9. The largest absolute Gasteiger partial charge is 0.480 e. The van der Waals surface area contributed by atoms with Crippen molar-refractivity contribution in [2.24, 2.45) is 0 Å². The minimum absolute atomic E-state index is 0.0312. The highest BCUT2D eigenvalue weighted by atomic mass is 16.5. The molecule has 0 saturated heterocycles. The van der Waals surface area contributed by atoms with E-state index >= 15 is 0 Å². The molecule has 156 valence electrons. The zero-order valence-corrected chi connectivity index (χ0v) is 16.2. The fourth-order valence-electron chi connectivity index (χ4n) is 2.43. The Kier molecular flexibility index (Phi) is 7.47. The number of hydrogen-bond acceptors (Lipinski definition) is 8. The molecule has 12 heteroatoms. The molecule has 0 aliphatic rings. The molecule has 0 aliphatic carbocycles. The van der Waals surface area contributed by atoms with Crippen LogP contribution in [0.3, 0.4) is 0 Å². The third-order valence-electron chi connectivity index (χ3n) is 4.01. The van der Waals surface area contributed by atoms with Crippen molar-refractivity contribution in [1.82, 2.24) is 13.7 Å². The molecule has 0 bridgehead atoms. The molecule has 1 aromatic rings. The highest BCUT2D eigenvalue weighted by Gasteiger charge is 2.31. The van der Waals surface area contributed by atoms with Gasteiger partial charge in [-0.2, -0.15) is 0 Å². The monoisotopic (exact) mass is 401 g/mol. The lowest BCUT2D eigenvalue weighted by molar-refractivity contribution is -0.146. The van der Waals surface area contributed by atoms with Gasteiger partial charge < -0.3 is 14.6 Å². The summed E-state index contributed by atoms with van der Waals surface area (Å²) in [5, 5.41) is 9.22. The summed E-state index contributed by atoms with van der Waals surface area (Å²) in [5.41, 5.74) is -3.87. The van der Waals surface area contributed by atoms with Gasteiger partial charge in [-0.05, 0) is 34.6 Å². The van der Waals surface area contributed by atoms with Crippen molar-refractivity contribution in [3.8, 4) is 0 Å². The van der Waals surface area contributed by atoms with Crippen LogP contribution in [0.25, 0.3) is 0 Å². The Morgan fingerprint density at radius 3 is 1.29 bits per heavy atom. The van der Waals surface area contributed by atoms with Crippen LogP contribution in [0, 0.1) is 0 Å². The summed E-state index contributed by atoms with van der Waals surface area (Å²) in [7, 11) is 0. The van der Waals surface area contributed by atoms with Gasteiger partial charge in [0.1, 0.15) is 18.1 Å². The fraction of sp³-hybridized carbons (Fsp3) is 0.625. The summed E-state index contributed by atoms with van der Waals surface area (Å²) in [4.78, 5) is 73.6. The number of aliphatic carboxylic acids is 1. The van der Waals surface area contributed by atoms with Gasteiger partial charge in [0.25, 0.3) is 0 Å². The van der Waals surface area contributed by atoms with Gasteiger partial charge in [-0.15, -0.1) is 0 Å². The van der Waals surface area contributed by atoms with E-state index in [1.807, 2.05) is 0 Å². The second-order valence-corrected chi connectivity index (χ2v) is 5.83. The van der Waals surface area contributed by atoms with Crippen LogP contribution in [-0.2, 0) is 23.9 Å². The Labute approximate surface area is 158 Å². The molecule has 0 saturated carbocycles. The lowest BCUT2D eigenvalue weighted by Crippen LogP contribution is -2.58. The molecular weight excluding hydrogens is 378 g/mol. The van der Waals surface area contributed by atoms with Crippen molar-refractivity contribution in [3.63, 3.8) is 0 Å². The molecule has 0 amide bonds. The molecule has 0 spiro atoms. The third kappa shape index (κ3) is 4.21. The van der Waals surface area contributed by atoms with Crippen LogP contribution in [0.4, 0.5) is 0 Å². The molecule has 1 aromatic heterocycles. The first-order chi connectivity index (χ1) is 13.0. The lowest BCUT2D eigenvalue weighted by Gasteiger charge is -2.21. The van der Waals surface area contributed by atoms with Crippen molar-refractivity contribution in [3.05, 3.63) is 31.5 Å². The molecule has 3 unspecified atom stereocenters. The van der Waals surface area contributed by atoms with E-state index in [1.54, 1.807) is 0 Å². The average Bonchev–Trinajstić information content (AvgIpc) is 2.61. The van der Waals surface area contributed by atoms with E-state index in [4.69, 9.17) is 9.47 Å². The summed E-state index contributed by atoms with van der Waals surface area (Å²) in [6.07, 6.45) is 0. The van der Waals surface area contributed by atoms with Gasteiger partial charge >= 0.3 is 35.0 Å². The smallest absolute Gasteiger partial charge is 0.337 e. The summed E-state index contributed by atoms with van der Waals surface area (Å²) >= 11 is 0. The quantitative estimate of drug-likeness (QED) is 0.543. The van der Waals surface area contributed by atoms with Gasteiger partial charge in [-0.3, -0.25) is 0 Å². The first-order valence-corrected chi connectivity index (χ1v) is 8.56. The van der Waals surface area contributed by atoms with Crippen molar-refractivity contribution < 1.29 is 29.0 Å². The normalized spacial score (nSPS) is 14.0. The number of esters is 2. The maximum atomic E-state index is 12.8. The Hall–Kier alpha value is -3.18. The van der Waals surface area contributed by atoms with Crippen LogP contribution in [0.2, 0.25) is 0 Å². The summed E-state index contributed by atoms with van der Waals surface area (Å²) in [5.74, 6) is -3.40.